The summed E-state index contributed by atoms with van der Waals surface area (Å²) in [6.07, 6.45) is 10.0. The molecule has 0 saturated heterocycles. The van der Waals surface area contributed by atoms with Crippen LogP contribution in [0.1, 0.15) is 54.7 Å². The third-order valence-electron chi connectivity index (χ3n) is 6.32. The van der Waals surface area contributed by atoms with Crippen LogP contribution in [0.25, 0.3) is 10.8 Å². The molecule has 2 aromatic carbocycles. The summed E-state index contributed by atoms with van der Waals surface area (Å²) in [4.78, 5) is 0. The lowest BCUT2D eigenvalue weighted by atomic mass is 9.60. The quantitative estimate of drug-likeness (QED) is 0.609. The number of rotatable bonds is 0. The van der Waals surface area contributed by atoms with Crippen molar-refractivity contribution >= 4 is 10.8 Å². The average Bonchev–Trinajstić information content (AvgIpc) is 2.52. The Hall–Kier alpha value is -1.30. The molecule has 5 rings (SSSR count). The van der Waals surface area contributed by atoms with E-state index >= 15 is 0 Å². The van der Waals surface area contributed by atoms with Gasteiger partial charge in [-0.1, -0.05) is 43.2 Å². The molecular weight excluding hydrogens is 240 g/mol. The molecule has 3 atom stereocenters. The Morgan fingerprint density at radius 1 is 0.850 bits per heavy atom. The highest BCUT2D eigenvalue weighted by molar-refractivity contribution is 5.91. The maximum absolute atomic E-state index is 2.45. The lowest BCUT2D eigenvalue weighted by molar-refractivity contribution is 0.177. The van der Waals surface area contributed by atoms with Gasteiger partial charge in [-0.3, -0.25) is 0 Å². The maximum Gasteiger partial charge on any atom is -0.0114 e. The molecule has 3 aliphatic rings. The van der Waals surface area contributed by atoms with Crippen molar-refractivity contribution in [2.45, 2.75) is 50.9 Å². The number of aryl methyl sites for hydroxylation is 1. The topological polar surface area (TPSA) is 0 Å². The molecule has 0 amide bonds. The summed E-state index contributed by atoms with van der Waals surface area (Å²) in [7, 11) is 0. The second kappa shape index (κ2) is 4.10. The van der Waals surface area contributed by atoms with Crippen molar-refractivity contribution in [2.75, 3.05) is 0 Å². The Labute approximate surface area is 121 Å². The maximum atomic E-state index is 2.45. The number of hydrogen-bond acceptors (Lipinski definition) is 0. The van der Waals surface area contributed by atoms with Crippen molar-refractivity contribution < 1.29 is 0 Å². The molecule has 3 unspecified atom stereocenters. The standard InChI is InChI=1S/C20H22/c1-2-7-17-15(4-1)12-16-9-8-13-5-3-6-14-10-11-18(17)20(16)19(13)14/h3,5-6,8-9,15,17-18H,1-2,4,7,10-12H2. The van der Waals surface area contributed by atoms with Gasteiger partial charge >= 0.3 is 0 Å². The van der Waals surface area contributed by atoms with Crippen LogP contribution < -0.4 is 0 Å². The first-order valence-corrected chi connectivity index (χ1v) is 8.45. The van der Waals surface area contributed by atoms with Crippen molar-refractivity contribution in [1.29, 1.82) is 0 Å². The van der Waals surface area contributed by atoms with Crippen LogP contribution >= 0.6 is 0 Å². The third-order valence-corrected chi connectivity index (χ3v) is 6.32. The minimum Gasteiger partial charge on any atom is -0.0614 e. The first-order chi connectivity index (χ1) is 9.92. The Bertz CT molecular complexity index is 682. The summed E-state index contributed by atoms with van der Waals surface area (Å²) in [5.41, 5.74) is 5.08. The highest BCUT2D eigenvalue weighted by Crippen LogP contribution is 2.52. The predicted molar refractivity (Wildman–Crippen MR) is 84.2 cm³/mol. The highest BCUT2D eigenvalue weighted by Gasteiger charge is 2.40. The van der Waals surface area contributed by atoms with E-state index in [9.17, 15) is 0 Å². The van der Waals surface area contributed by atoms with E-state index in [-0.39, 0.29) is 0 Å². The normalized spacial score (nSPS) is 31.1. The molecular formula is C20H22. The zero-order valence-corrected chi connectivity index (χ0v) is 12.1. The molecule has 102 valence electrons. The molecule has 3 aliphatic carbocycles. The molecule has 0 nitrogen and oxygen atoms in total. The summed E-state index contributed by atoms with van der Waals surface area (Å²) < 4.78 is 0. The van der Waals surface area contributed by atoms with Gasteiger partial charge < -0.3 is 0 Å². The summed E-state index contributed by atoms with van der Waals surface area (Å²) in [6, 6.07) is 11.8. The van der Waals surface area contributed by atoms with Gasteiger partial charge in [0.05, 0.1) is 0 Å². The Morgan fingerprint density at radius 2 is 1.80 bits per heavy atom. The van der Waals surface area contributed by atoms with Gasteiger partial charge in [0.2, 0.25) is 0 Å². The van der Waals surface area contributed by atoms with E-state index in [1.54, 1.807) is 22.1 Å². The zero-order valence-electron chi connectivity index (χ0n) is 12.1. The smallest absolute Gasteiger partial charge is 0.0114 e. The van der Waals surface area contributed by atoms with E-state index in [0.29, 0.717) is 0 Å². The SMILES string of the molecule is c1cc2c3c4c(ccc3c1)CC1CCCCC1C4CC2. The summed E-state index contributed by atoms with van der Waals surface area (Å²) in [5, 5.41) is 3.13. The number of benzene rings is 2. The number of fused-ring (bicyclic) bond motifs is 2. The Kier molecular flexibility index (Phi) is 2.33. The van der Waals surface area contributed by atoms with Gasteiger partial charge in [0.25, 0.3) is 0 Å². The molecule has 2 aromatic rings. The van der Waals surface area contributed by atoms with Gasteiger partial charge in [0.1, 0.15) is 0 Å². The molecule has 0 spiro atoms. The first kappa shape index (κ1) is 11.4. The van der Waals surface area contributed by atoms with E-state index in [4.69, 9.17) is 0 Å². The van der Waals surface area contributed by atoms with Crippen LogP contribution in [0.15, 0.2) is 30.3 Å². The van der Waals surface area contributed by atoms with Crippen molar-refractivity contribution in [2.24, 2.45) is 11.8 Å². The lowest BCUT2D eigenvalue weighted by Gasteiger charge is -2.45. The molecule has 0 heterocycles. The van der Waals surface area contributed by atoms with Crippen LogP contribution in [0.4, 0.5) is 0 Å². The Morgan fingerprint density at radius 3 is 2.80 bits per heavy atom. The van der Waals surface area contributed by atoms with Crippen LogP contribution in [-0.4, -0.2) is 0 Å². The van der Waals surface area contributed by atoms with E-state index in [0.717, 1.165) is 17.8 Å². The highest BCUT2D eigenvalue weighted by atomic mass is 14.4. The summed E-state index contributed by atoms with van der Waals surface area (Å²) >= 11 is 0. The Balaban J connectivity index is 1.79. The minimum absolute atomic E-state index is 0.877. The fraction of sp³-hybridized carbons (Fsp3) is 0.500. The molecule has 20 heavy (non-hydrogen) atoms. The molecule has 0 N–H and O–H groups in total. The molecule has 0 heteroatoms. The van der Waals surface area contributed by atoms with Gasteiger partial charge in [-0.15, -0.1) is 0 Å². The monoisotopic (exact) mass is 262 g/mol. The molecule has 1 fully saturated rings. The van der Waals surface area contributed by atoms with Crippen LogP contribution in [0.5, 0.6) is 0 Å². The number of hydrogen-bond donors (Lipinski definition) is 0. The van der Waals surface area contributed by atoms with Gasteiger partial charge in [-0.2, -0.15) is 0 Å². The van der Waals surface area contributed by atoms with Crippen LogP contribution in [0, 0.1) is 11.8 Å². The molecule has 1 saturated carbocycles. The van der Waals surface area contributed by atoms with Crippen LogP contribution in [0.3, 0.4) is 0 Å². The zero-order chi connectivity index (χ0) is 13.1. The van der Waals surface area contributed by atoms with Crippen molar-refractivity contribution in [1.82, 2.24) is 0 Å². The van der Waals surface area contributed by atoms with Gasteiger partial charge in [0, 0.05) is 0 Å². The van der Waals surface area contributed by atoms with Crippen LogP contribution in [0.2, 0.25) is 0 Å². The van der Waals surface area contributed by atoms with E-state index in [2.05, 4.69) is 30.3 Å². The molecule has 0 aromatic heterocycles. The van der Waals surface area contributed by atoms with Crippen molar-refractivity contribution in [3.63, 3.8) is 0 Å². The van der Waals surface area contributed by atoms with Gasteiger partial charge in [0.15, 0.2) is 0 Å². The van der Waals surface area contributed by atoms with E-state index in [1.165, 1.54) is 50.3 Å². The largest absolute Gasteiger partial charge is 0.0614 e. The van der Waals surface area contributed by atoms with Gasteiger partial charge in [-0.05, 0) is 77.3 Å². The first-order valence-electron chi connectivity index (χ1n) is 8.45. The fourth-order valence-electron chi connectivity index (χ4n) is 5.52. The average molecular weight is 262 g/mol. The summed E-state index contributed by atoms with van der Waals surface area (Å²) in [6.45, 7) is 0. The predicted octanol–water partition coefficient (Wildman–Crippen LogP) is 5.23. The van der Waals surface area contributed by atoms with E-state index < -0.39 is 0 Å². The van der Waals surface area contributed by atoms with Crippen molar-refractivity contribution in [3.05, 3.63) is 47.0 Å². The third kappa shape index (κ3) is 1.43. The molecule has 0 aliphatic heterocycles. The minimum atomic E-state index is 0.877. The van der Waals surface area contributed by atoms with Crippen LogP contribution in [-0.2, 0) is 12.8 Å². The van der Waals surface area contributed by atoms with Gasteiger partial charge in [-0.25, -0.2) is 0 Å². The summed E-state index contributed by atoms with van der Waals surface area (Å²) in [5.74, 6) is 2.86. The van der Waals surface area contributed by atoms with Crippen molar-refractivity contribution in [3.8, 4) is 0 Å². The molecule has 0 radical (unpaired) electrons. The fourth-order valence-corrected chi connectivity index (χ4v) is 5.52. The second-order valence-corrected chi connectivity index (χ2v) is 7.21. The van der Waals surface area contributed by atoms with E-state index in [1.807, 2.05) is 0 Å². The lowest BCUT2D eigenvalue weighted by Crippen LogP contribution is -2.34. The second-order valence-electron chi connectivity index (χ2n) is 7.21. The molecule has 0 bridgehead atoms.